The highest BCUT2D eigenvalue weighted by Crippen LogP contribution is 2.49. The molecule has 6 unspecified atom stereocenters. The monoisotopic (exact) mass is 756 g/mol. The minimum absolute atomic E-state index is 0.00432. The van der Waals surface area contributed by atoms with Gasteiger partial charge >= 0.3 is 15.4 Å². The lowest BCUT2D eigenvalue weighted by Crippen LogP contribution is -2.28. The maximum absolute atomic E-state index is 13.2. The van der Waals surface area contributed by atoms with Gasteiger partial charge in [0.05, 0.1) is 46.7 Å². The van der Waals surface area contributed by atoms with E-state index < -0.39 is 59.7 Å². The number of anilines is 2. The number of nitrogens with zero attached hydrogens (tertiary/aromatic N) is 8. The van der Waals surface area contributed by atoms with Crippen LogP contribution in [0.5, 0.6) is 0 Å². The van der Waals surface area contributed by atoms with Gasteiger partial charge in [-0.15, -0.1) is 0 Å². The fourth-order valence-corrected chi connectivity index (χ4v) is 7.05. The summed E-state index contributed by atoms with van der Waals surface area (Å²) in [7, 11) is -6.59. The third kappa shape index (κ3) is 8.12. The van der Waals surface area contributed by atoms with E-state index in [4.69, 9.17) is 48.7 Å². The van der Waals surface area contributed by atoms with E-state index in [1.54, 1.807) is 4.57 Å². The van der Waals surface area contributed by atoms with Crippen LogP contribution in [0.3, 0.4) is 0 Å². The molecule has 2 aliphatic heterocycles. The number of fused-ring (bicyclic) bond motifs is 2. The first-order valence-electron chi connectivity index (χ1n) is 15.0. The summed E-state index contributed by atoms with van der Waals surface area (Å²) in [5.74, 6) is 0.417. The van der Waals surface area contributed by atoms with Gasteiger partial charge in [-0.05, 0) is 6.08 Å². The van der Waals surface area contributed by atoms with Crippen LogP contribution in [0.25, 0.3) is 22.3 Å². The minimum Gasteiger partial charge on any atom is -0.491 e. The SMILES string of the molecule is COC1=C(OC)C(O)O/C1=C/COP(=O)(O)OCC1OC(n2cnc3c(N)ncnc32)CC1OP(=O)(O)COCCn1cnc2ncnc(N)c21. The minimum atomic E-state index is -4.76. The molecule has 0 aliphatic carbocycles. The van der Waals surface area contributed by atoms with Gasteiger partial charge in [0.25, 0.3) is 6.29 Å². The third-order valence-corrected chi connectivity index (χ3v) is 9.65. The molecule has 4 aromatic rings. The molecule has 6 heterocycles. The number of nitrogen functional groups attached to an aromatic ring is 2. The molecule has 0 spiro atoms. The number of aliphatic hydroxyl groups excluding tert-OH is 1. The Hall–Kier alpha value is -4.28. The van der Waals surface area contributed by atoms with Crippen LogP contribution in [0.1, 0.15) is 12.6 Å². The van der Waals surface area contributed by atoms with Crippen molar-refractivity contribution in [2.24, 2.45) is 0 Å². The summed E-state index contributed by atoms with van der Waals surface area (Å²) in [5, 5.41) is 9.94. The molecule has 51 heavy (non-hydrogen) atoms. The van der Waals surface area contributed by atoms with Crippen LogP contribution in [-0.2, 0) is 52.9 Å². The average molecular weight is 757 g/mol. The van der Waals surface area contributed by atoms with Crippen molar-refractivity contribution in [2.45, 2.75) is 37.7 Å². The summed E-state index contributed by atoms with van der Waals surface area (Å²) in [5.41, 5.74) is 13.3. The van der Waals surface area contributed by atoms with Gasteiger partial charge in [-0.1, -0.05) is 0 Å². The third-order valence-electron chi connectivity index (χ3n) is 7.59. The summed E-state index contributed by atoms with van der Waals surface area (Å²) in [6.45, 7) is -0.928. The highest BCUT2D eigenvalue weighted by Gasteiger charge is 2.43. The largest absolute Gasteiger partial charge is 0.491 e. The molecule has 0 aromatic carbocycles. The molecular weight excluding hydrogens is 722 g/mol. The van der Waals surface area contributed by atoms with Crippen molar-refractivity contribution in [2.75, 3.05) is 51.9 Å². The second-order valence-corrected chi connectivity index (χ2v) is 14.0. The Morgan fingerprint density at radius 1 is 1.02 bits per heavy atom. The van der Waals surface area contributed by atoms with Gasteiger partial charge in [0.1, 0.15) is 48.5 Å². The molecule has 6 atom stereocenters. The predicted molar refractivity (Wildman–Crippen MR) is 171 cm³/mol. The fraction of sp³-hybridized carbons (Fsp3) is 0.462. The number of aromatic nitrogens is 8. The number of methoxy groups -OCH3 is 2. The van der Waals surface area contributed by atoms with Crippen LogP contribution in [0.15, 0.2) is 48.7 Å². The second-order valence-electron chi connectivity index (χ2n) is 10.8. The number of hydrogen-bond donors (Lipinski definition) is 5. The van der Waals surface area contributed by atoms with Crippen LogP contribution >= 0.6 is 15.4 Å². The van der Waals surface area contributed by atoms with E-state index in [2.05, 4.69) is 29.9 Å². The van der Waals surface area contributed by atoms with Gasteiger partial charge in [0.15, 0.2) is 28.7 Å². The van der Waals surface area contributed by atoms with E-state index in [9.17, 15) is 24.0 Å². The molecule has 0 amide bonds. The molecule has 0 saturated carbocycles. The van der Waals surface area contributed by atoms with Crippen molar-refractivity contribution in [3.05, 3.63) is 48.7 Å². The molecule has 1 fully saturated rings. The number of hydrogen-bond acceptors (Lipinski definition) is 19. The van der Waals surface area contributed by atoms with Gasteiger partial charge in [0.2, 0.25) is 11.5 Å². The maximum Gasteiger partial charge on any atom is 0.472 e. The van der Waals surface area contributed by atoms with Crippen molar-refractivity contribution in [3.63, 3.8) is 0 Å². The standard InChI is InChI=1S/C26H34N10O13P2/c1-42-20-14(48-26(37)21(20)43-2)3-5-45-51(40,41)46-8-16-15(7-17(47-16)36-12-33-18-22(27)29-10-32-25(18)36)49-50(38,39)13-44-6-4-35-11-34-24-19(35)23(28)30-9-31-24/h3,9-12,15-17,26,37H,4-8,13H2,1-2H3,(H,38,39)(H,40,41)(H2,27,29,32)(H2,28,30,31)/b14-3+. The van der Waals surface area contributed by atoms with E-state index in [1.165, 1.54) is 50.2 Å². The van der Waals surface area contributed by atoms with Crippen LogP contribution in [0.2, 0.25) is 0 Å². The molecule has 23 nitrogen and oxygen atoms in total. The fourth-order valence-electron chi connectivity index (χ4n) is 5.31. The Morgan fingerprint density at radius 3 is 2.59 bits per heavy atom. The number of phosphoric acid groups is 1. The Morgan fingerprint density at radius 2 is 1.80 bits per heavy atom. The molecule has 4 aromatic heterocycles. The van der Waals surface area contributed by atoms with Crippen molar-refractivity contribution in [1.82, 2.24) is 39.0 Å². The van der Waals surface area contributed by atoms with Crippen molar-refractivity contribution < 1.29 is 61.3 Å². The zero-order valence-corrected chi connectivity index (χ0v) is 28.8. The molecule has 7 N–H and O–H groups in total. The summed E-state index contributed by atoms with van der Waals surface area (Å²) < 4.78 is 71.9. The smallest absolute Gasteiger partial charge is 0.472 e. The van der Waals surface area contributed by atoms with Gasteiger partial charge < -0.3 is 59.1 Å². The highest BCUT2D eigenvalue weighted by atomic mass is 31.2. The van der Waals surface area contributed by atoms with Gasteiger partial charge in [-0.3, -0.25) is 18.2 Å². The molecule has 0 bridgehead atoms. The number of phosphoric ester groups is 1. The number of imidazole rings is 2. The first kappa shape index (κ1) is 36.5. The number of ether oxygens (including phenoxy) is 5. The van der Waals surface area contributed by atoms with E-state index in [0.717, 1.165) is 0 Å². The first-order chi connectivity index (χ1) is 24.4. The molecule has 2 aliphatic rings. The van der Waals surface area contributed by atoms with Crippen molar-refractivity contribution in [1.29, 1.82) is 0 Å². The lowest BCUT2D eigenvalue weighted by molar-refractivity contribution is -0.0478. The molecule has 25 heteroatoms. The van der Waals surface area contributed by atoms with E-state index >= 15 is 0 Å². The van der Waals surface area contributed by atoms with Crippen LogP contribution < -0.4 is 11.5 Å². The lowest BCUT2D eigenvalue weighted by Gasteiger charge is -2.22. The normalized spacial score (nSPS) is 23.9. The van der Waals surface area contributed by atoms with Crippen LogP contribution in [0.4, 0.5) is 11.6 Å². The van der Waals surface area contributed by atoms with E-state index in [-0.39, 0.29) is 48.5 Å². The average Bonchev–Trinajstić information content (AvgIpc) is 3.87. The van der Waals surface area contributed by atoms with Gasteiger partial charge in [0, 0.05) is 13.0 Å². The van der Waals surface area contributed by atoms with Gasteiger partial charge in [-0.25, -0.2) is 34.5 Å². The Labute approximate surface area is 287 Å². The van der Waals surface area contributed by atoms with E-state index in [0.29, 0.717) is 22.3 Å². The maximum atomic E-state index is 13.2. The van der Waals surface area contributed by atoms with Crippen molar-refractivity contribution >= 4 is 49.4 Å². The van der Waals surface area contributed by atoms with Crippen molar-refractivity contribution in [3.8, 4) is 0 Å². The Kier molecular flexibility index (Phi) is 10.8. The summed E-state index contributed by atoms with van der Waals surface area (Å²) in [6, 6.07) is 0. The number of aliphatic hydroxyl groups is 1. The highest BCUT2D eigenvalue weighted by molar-refractivity contribution is 7.52. The molecular formula is C26H34N10O13P2. The topological polar surface area (TPSA) is 308 Å². The summed E-state index contributed by atoms with van der Waals surface area (Å²) in [6.07, 6.45) is 1.26. The summed E-state index contributed by atoms with van der Waals surface area (Å²) >= 11 is 0. The molecule has 1 saturated heterocycles. The number of nitrogens with two attached hydrogens (primary N) is 2. The number of rotatable bonds is 16. The Bertz CT molecular complexity index is 2040. The zero-order chi connectivity index (χ0) is 36.3. The molecule has 276 valence electrons. The predicted octanol–water partition coefficient (Wildman–Crippen LogP) is 0.533. The summed E-state index contributed by atoms with van der Waals surface area (Å²) in [4.78, 5) is 45.6. The van der Waals surface area contributed by atoms with E-state index in [1.807, 2.05) is 0 Å². The van der Waals surface area contributed by atoms with Gasteiger partial charge in [-0.2, -0.15) is 0 Å². The second kappa shape index (κ2) is 15.1. The van der Waals surface area contributed by atoms with Crippen LogP contribution in [-0.4, -0.2) is 113 Å². The lowest BCUT2D eigenvalue weighted by atomic mass is 10.2. The quantitative estimate of drug-likeness (QED) is 0.0769. The first-order valence-corrected chi connectivity index (χ1v) is 18.2. The Balaban J connectivity index is 1.10. The molecule has 6 rings (SSSR count). The van der Waals surface area contributed by atoms with Crippen LogP contribution in [0, 0.1) is 0 Å². The zero-order valence-electron chi connectivity index (χ0n) is 27.0. The molecule has 0 radical (unpaired) electrons.